The molecule has 0 radical (unpaired) electrons. The highest BCUT2D eigenvalue weighted by molar-refractivity contribution is 8.14. The maximum atomic E-state index is 12.0. The van der Waals surface area contributed by atoms with E-state index in [1.54, 1.807) is 6.92 Å². The molecule has 1 aliphatic rings. The molecule has 3 atom stereocenters. The molecule has 0 bridgehead atoms. The summed E-state index contributed by atoms with van der Waals surface area (Å²) in [5, 5.41) is 3.70. The van der Waals surface area contributed by atoms with Crippen LogP contribution in [0.2, 0.25) is 0 Å². The average Bonchev–Trinajstić information content (AvgIpc) is 2.63. The van der Waals surface area contributed by atoms with Crippen LogP contribution >= 0.6 is 11.8 Å². The zero-order valence-corrected chi connectivity index (χ0v) is 12.7. The Bertz CT molecular complexity index is 304. The first-order chi connectivity index (χ1) is 8.38. The first-order valence-corrected chi connectivity index (χ1v) is 7.74. The van der Waals surface area contributed by atoms with Crippen molar-refractivity contribution < 1.29 is 9.59 Å². The lowest BCUT2D eigenvalue weighted by Gasteiger charge is -2.18. The molecule has 0 aromatic rings. The summed E-state index contributed by atoms with van der Waals surface area (Å²) >= 11 is 1.42. The van der Waals surface area contributed by atoms with E-state index in [9.17, 15) is 9.59 Å². The van der Waals surface area contributed by atoms with Crippen LogP contribution < -0.4 is 5.32 Å². The molecule has 1 aliphatic carbocycles. The molecule has 1 saturated carbocycles. The minimum absolute atomic E-state index is 0.0875. The third-order valence-electron chi connectivity index (χ3n) is 3.34. The summed E-state index contributed by atoms with van der Waals surface area (Å²) in [5.41, 5.74) is 0. The number of rotatable bonds is 5. The highest BCUT2D eigenvalue weighted by Crippen LogP contribution is 2.30. The molecule has 0 aliphatic heterocycles. The van der Waals surface area contributed by atoms with E-state index in [0.29, 0.717) is 11.2 Å². The fourth-order valence-corrected chi connectivity index (χ4v) is 3.62. The van der Waals surface area contributed by atoms with Gasteiger partial charge in [0.15, 0.2) is 5.12 Å². The summed E-state index contributed by atoms with van der Waals surface area (Å²) in [6.07, 6.45) is 3.91. The second-order valence-electron chi connectivity index (χ2n) is 5.78. The number of thioether (sulfide) groups is 1. The van der Waals surface area contributed by atoms with Crippen LogP contribution in [0.1, 0.15) is 53.4 Å². The molecule has 0 aromatic heterocycles. The molecule has 0 spiro atoms. The van der Waals surface area contributed by atoms with Gasteiger partial charge in [-0.15, -0.1) is 0 Å². The van der Waals surface area contributed by atoms with E-state index in [-0.39, 0.29) is 23.0 Å². The fourth-order valence-electron chi connectivity index (χ4n) is 2.57. The van der Waals surface area contributed by atoms with Gasteiger partial charge in [0.05, 0.1) is 0 Å². The summed E-state index contributed by atoms with van der Waals surface area (Å²) in [7, 11) is 0. The first-order valence-electron chi connectivity index (χ1n) is 6.86. The van der Waals surface area contributed by atoms with Crippen molar-refractivity contribution in [2.45, 2.75) is 64.7 Å². The van der Waals surface area contributed by atoms with Crippen molar-refractivity contribution in [1.29, 1.82) is 0 Å². The van der Waals surface area contributed by atoms with Crippen molar-refractivity contribution in [2.75, 3.05) is 0 Å². The number of hydrogen-bond acceptors (Lipinski definition) is 3. The van der Waals surface area contributed by atoms with E-state index >= 15 is 0 Å². The van der Waals surface area contributed by atoms with Crippen molar-refractivity contribution in [2.24, 2.45) is 11.8 Å². The molecule has 0 aromatic carbocycles. The molecular weight excluding hydrogens is 246 g/mol. The van der Waals surface area contributed by atoms with Crippen LogP contribution in [-0.2, 0) is 9.59 Å². The summed E-state index contributed by atoms with van der Waals surface area (Å²) in [6, 6.07) is 0.268. The minimum atomic E-state index is 0.0875. The molecule has 18 heavy (non-hydrogen) atoms. The van der Waals surface area contributed by atoms with Crippen molar-refractivity contribution in [1.82, 2.24) is 5.32 Å². The molecule has 2 unspecified atom stereocenters. The predicted molar refractivity (Wildman–Crippen MR) is 76.5 cm³/mol. The van der Waals surface area contributed by atoms with E-state index in [4.69, 9.17) is 0 Å². The molecule has 1 amide bonds. The van der Waals surface area contributed by atoms with Gasteiger partial charge in [0.1, 0.15) is 0 Å². The van der Waals surface area contributed by atoms with Crippen LogP contribution in [0.4, 0.5) is 0 Å². The van der Waals surface area contributed by atoms with Crippen LogP contribution in [0.15, 0.2) is 0 Å². The Labute approximate surface area is 114 Å². The van der Waals surface area contributed by atoms with Gasteiger partial charge in [0, 0.05) is 24.1 Å². The van der Waals surface area contributed by atoms with Gasteiger partial charge in [-0.05, 0) is 31.6 Å². The standard InChI is InChI=1S/C14H25NO2S/c1-9(2)7-10(3)14(17)15-12-5-6-13(8-12)18-11(4)16/h9-10,12-13H,5-8H2,1-4H3,(H,15,17)/t10-,12?,13?/m0/s1. The van der Waals surface area contributed by atoms with Gasteiger partial charge >= 0.3 is 0 Å². The summed E-state index contributed by atoms with van der Waals surface area (Å²) in [5.74, 6) is 0.807. The number of nitrogens with one attached hydrogen (secondary N) is 1. The Hall–Kier alpha value is -0.510. The van der Waals surface area contributed by atoms with E-state index in [0.717, 1.165) is 25.7 Å². The molecule has 0 saturated heterocycles. The molecular formula is C14H25NO2S. The monoisotopic (exact) mass is 271 g/mol. The van der Waals surface area contributed by atoms with Crippen LogP contribution in [0.25, 0.3) is 0 Å². The smallest absolute Gasteiger partial charge is 0.223 e. The van der Waals surface area contributed by atoms with E-state index < -0.39 is 0 Å². The number of amides is 1. The van der Waals surface area contributed by atoms with Crippen LogP contribution in [0, 0.1) is 11.8 Å². The highest BCUT2D eigenvalue weighted by atomic mass is 32.2. The summed E-state index contributed by atoms with van der Waals surface area (Å²) in [4.78, 5) is 23.0. The number of hydrogen-bond donors (Lipinski definition) is 1. The van der Waals surface area contributed by atoms with Gasteiger partial charge in [-0.2, -0.15) is 0 Å². The number of carbonyl (C=O) groups is 2. The maximum absolute atomic E-state index is 12.0. The molecule has 104 valence electrons. The quantitative estimate of drug-likeness (QED) is 0.836. The summed E-state index contributed by atoms with van der Waals surface area (Å²) in [6.45, 7) is 7.88. The van der Waals surface area contributed by atoms with Crippen LogP contribution in [0.3, 0.4) is 0 Å². The first kappa shape index (κ1) is 15.5. The Balaban J connectivity index is 2.31. The second-order valence-corrected chi connectivity index (χ2v) is 7.26. The predicted octanol–water partition coefficient (Wildman–Crippen LogP) is 2.99. The van der Waals surface area contributed by atoms with Crippen LogP contribution in [0.5, 0.6) is 0 Å². The SMILES string of the molecule is CC(=O)SC1CCC(NC(=O)[C@@H](C)CC(C)C)C1. The summed E-state index contributed by atoms with van der Waals surface area (Å²) < 4.78 is 0. The normalized spacial score (nSPS) is 25.2. The van der Waals surface area contributed by atoms with Gasteiger partial charge in [-0.1, -0.05) is 32.5 Å². The Morgan fingerprint density at radius 2 is 1.94 bits per heavy atom. The molecule has 1 rings (SSSR count). The van der Waals surface area contributed by atoms with Crippen molar-refractivity contribution in [3.63, 3.8) is 0 Å². The third kappa shape index (κ3) is 5.42. The molecule has 3 nitrogen and oxygen atoms in total. The molecule has 4 heteroatoms. The highest BCUT2D eigenvalue weighted by Gasteiger charge is 2.28. The second kappa shape index (κ2) is 7.17. The maximum Gasteiger partial charge on any atom is 0.223 e. The molecule has 0 heterocycles. The van der Waals surface area contributed by atoms with Crippen molar-refractivity contribution >= 4 is 22.8 Å². The van der Waals surface area contributed by atoms with Gasteiger partial charge in [-0.25, -0.2) is 0 Å². The van der Waals surface area contributed by atoms with Gasteiger partial charge in [0.2, 0.25) is 5.91 Å². The van der Waals surface area contributed by atoms with Crippen molar-refractivity contribution in [3.05, 3.63) is 0 Å². The van der Waals surface area contributed by atoms with Gasteiger partial charge < -0.3 is 5.32 Å². The Morgan fingerprint density at radius 3 is 2.50 bits per heavy atom. The lowest BCUT2D eigenvalue weighted by Crippen LogP contribution is -2.37. The van der Waals surface area contributed by atoms with Gasteiger partial charge in [0.25, 0.3) is 0 Å². The van der Waals surface area contributed by atoms with Crippen molar-refractivity contribution in [3.8, 4) is 0 Å². The van der Waals surface area contributed by atoms with Crippen LogP contribution in [-0.4, -0.2) is 22.3 Å². The minimum Gasteiger partial charge on any atom is -0.353 e. The Kier molecular flexibility index (Phi) is 6.19. The van der Waals surface area contributed by atoms with E-state index in [2.05, 4.69) is 19.2 Å². The zero-order chi connectivity index (χ0) is 13.7. The fraction of sp³-hybridized carbons (Fsp3) is 0.857. The van der Waals surface area contributed by atoms with Gasteiger partial charge in [-0.3, -0.25) is 9.59 Å². The number of carbonyl (C=O) groups excluding carboxylic acids is 2. The molecule has 1 N–H and O–H groups in total. The zero-order valence-electron chi connectivity index (χ0n) is 11.9. The lowest BCUT2D eigenvalue weighted by molar-refractivity contribution is -0.125. The largest absolute Gasteiger partial charge is 0.353 e. The Morgan fingerprint density at radius 1 is 1.28 bits per heavy atom. The third-order valence-corrected chi connectivity index (χ3v) is 4.43. The van der Waals surface area contributed by atoms with E-state index in [1.807, 2.05) is 6.92 Å². The lowest BCUT2D eigenvalue weighted by atomic mass is 9.98. The molecule has 1 fully saturated rings. The topological polar surface area (TPSA) is 46.2 Å². The van der Waals surface area contributed by atoms with E-state index in [1.165, 1.54) is 11.8 Å². The average molecular weight is 271 g/mol.